The first-order valence-corrected chi connectivity index (χ1v) is 6.22. The largest absolute Gasteiger partial charge is 0.472 e. The first-order chi connectivity index (χ1) is 9.22. The number of hydrogen-bond donors (Lipinski definition) is 1. The molecule has 0 aliphatic rings. The lowest BCUT2D eigenvalue weighted by Crippen LogP contribution is -1.99. The van der Waals surface area contributed by atoms with E-state index in [-0.39, 0.29) is 5.28 Å². The van der Waals surface area contributed by atoms with Gasteiger partial charge in [-0.3, -0.25) is 5.10 Å². The number of nitrogens with one attached hydrogen (secondary N) is 1. The average Bonchev–Trinajstić information content (AvgIpc) is 2.84. The lowest BCUT2D eigenvalue weighted by atomic mass is 10.2. The molecule has 0 saturated carbocycles. The van der Waals surface area contributed by atoms with Crippen molar-refractivity contribution in [3.05, 3.63) is 46.3 Å². The minimum absolute atomic E-state index is 0.109. The lowest BCUT2D eigenvalue weighted by molar-refractivity contribution is 0.297. The first-order valence-electron chi connectivity index (χ1n) is 5.46. The van der Waals surface area contributed by atoms with E-state index in [1.165, 1.54) is 0 Å². The molecule has 0 atom stereocenters. The van der Waals surface area contributed by atoms with Crippen LogP contribution in [0.1, 0.15) is 5.56 Å². The molecule has 0 saturated heterocycles. The SMILES string of the molecule is Clc1cccc(COc2nc(Cl)nc3[nH]ncc23)c1. The highest BCUT2D eigenvalue weighted by molar-refractivity contribution is 6.30. The van der Waals surface area contributed by atoms with Crippen molar-refractivity contribution in [1.82, 2.24) is 20.2 Å². The summed E-state index contributed by atoms with van der Waals surface area (Å²) in [6, 6.07) is 7.42. The Kier molecular flexibility index (Phi) is 3.23. The van der Waals surface area contributed by atoms with E-state index in [9.17, 15) is 0 Å². The second kappa shape index (κ2) is 5.03. The first kappa shape index (κ1) is 12.2. The van der Waals surface area contributed by atoms with Crippen molar-refractivity contribution in [1.29, 1.82) is 0 Å². The van der Waals surface area contributed by atoms with E-state index in [0.717, 1.165) is 5.56 Å². The third-order valence-electron chi connectivity index (χ3n) is 2.51. The van der Waals surface area contributed by atoms with E-state index in [1.807, 2.05) is 18.2 Å². The van der Waals surface area contributed by atoms with E-state index in [1.54, 1.807) is 12.3 Å². The Morgan fingerprint density at radius 1 is 1.21 bits per heavy atom. The fraction of sp³-hybridized carbons (Fsp3) is 0.0833. The molecule has 0 radical (unpaired) electrons. The number of hydrogen-bond acceptors (Lipinski definition) is 4. The van der Waals surface area contributed by atoms with Gasteiger partial charge in [-0.2, -0.15) is 15.1 Å². The van der Waals surface area contributed by atoms with Crippen LogP contribution in [0.3, 0.4) is 0 Å². The highest BCUT2D eigenvalue weighted by Gasteiger charge is 2.09. The van der Waals surface area contributed by atoms with Crippen LogP contribution in [0.25, 0.3) is 11.0 Å². The quantitative estimate of drug-likeness (QED) is 0.753. The van der Waals surface area contributed by atoms with Gasteiger partial charge in [0.2, 0.25) is 11.2 Å². The second-order valence-corrected chi connectivity index (χ2v) is 4.62. The zero-order valence-corrected chi connectivity index (χ0v) is 11.1. The average molecular weight is 295 g/mol. The number of benzene rings is 1. The Morgan fingerprint density at radius 3 is 2.95 bits per heavy atom. The standard InChI is InChI=1S/C12H8Cl2N4O/c13-8-3-1-2-7(4-8)6-19-11-9-5-15-18-10(9)16-12(14)17-11/h1-5H,6H2,(H,15,16,17,18). The molecule has 0 fully saturated rings. The van der Waals surface area contributed by atoms with Crippen molar-refractivity contribution in [2.24, 2.45) is 0 Å². The molecular formula is C12H8Cl2N4O. The van der Waals surface area contributed by atoms with Gasteiger partial charge in [0.25, 0.3) is 0 Å². The van der Waals surface area contributed by atoms with Crippen LogP contribution >= 0.6 is 23.2 Å². The van der Waals surface area contributed by atoms with Crippen molar-refractivity contribution in [2.45, 2.75) is 6.61 Å². The maximum absolute atomic E-state index is 5.91. The molecule has 96 valence electrons. The van der Waals surface area contributed by atoms with E-state index >= 15 is 0 Å². The molecule has 7 heteroatoms. The number of ether oxygens (including phenoxy) is 1. The van der Waals surface area contributed by atoms with Crippen molar-refractivity contribution < 1.29 is 4.74 Å². The van der Waals surface area contributed by atoms with Crippen LogP contribution in [-0.2, 0) is 6.61 Å². The molecular weight excluding hydrogens is 287 g/mol. The fourth-order valence-electron chi connectivity index (χ4n) is 1.67. The van der Waals surface area contributed by atoms with Gasteiger partial charge in [0, 0.05) is 5.02 Å². The third kappa shape index (κ3) is 2.62. The number of nitrogens with zero attached hydrogens (tertiary/aromatic N) is 3. The summed E-state index contributed by atoms with van der Waals surface area (Å²) >= 11 is 11.7. The molecule has 5 nitrogen and oxygen atoms in total. The summed E-state index contributed by atoms with van der Waals surface area (Å²) in [7, 11) is 0. The molecule has 2 aromatic heterocycles. The van der Waals surface area contributed by atoms with Gasteiger partial charge in [0.15, 0.2) is 5.65 Å². The number of aromatic nitrogens is 4. The highest BCUT2D eigenvalue weighted by Crippen LogP contribution is 2.23. The van der Waals surface area contributed by atoms with Gasteiger partial charge in [-0.25, -0.2) is 0 Å². The third-order valence-corrected chi connectivity index (χ3v) is 2.92. The van der Waals surface area contributed by atoms with Crippen LogP contribution in [0.2, 0.25) is 10.3 Å². The Labute approximate surface area is 118 Å². The number of H-pyrrole nitrogens is 1. The summed E-state index contributed by atoms with van der Waals surface area (Å²) in [5.41, 5.74) is 1.49. The zero-order chi connectivity index (χ0) is 13.2. The monoisotopic (exact) mass is 294 g/mol. The Morgan fingerprint density at radius 2 is 2.11 bits per heavy atom. The normalized spacial score (nSPS) is 10.8. The van der Waals surface area contributed by atoms with E-state index in [2.05, 4.69) is 20.2 Å². The van der Waals surface area contributed by atoms with E-state index in [0.29, 0.717) is 28.5 Å². The van der Waals surface area contributed by atoms with Crippen LogP contribution in [-0.4, -0.2) is 20.2 Å². The molecule has 19 heavy (non-hydrogen) atoms. The topological polar surface area (TPSA) is 63.7 Å². The second-order valence-electron chi connectivity index (χ2n) is 3.85. The molecule has 0 bridgehead atoms. The van der Waals surface area contributed by atoms with Crippen LogP contribution in [0, 0.1) is 0 Å². The van der Waals surface area contributed by atoms with Gasteiger partial charge in [-0.15, -0.1) is 0 Å². The number of aromatic amines is 1. The van der Waals surface area contributed by atoms with Crippen molar-refractivity contribution in [2.75, 3.05) is 0 Å². The molecule has 0 amide bonds. The molecule has 0 spiro atoms. The summed E-state index contributed by atoms with van der Waals surface area (Å²) in [4.78, 5) is 8.05. The molecule has 2 heterocycles. The maximum atomic E-state index is 5.91. The van der Waals surface area contributed by atoms with E-state index in [4.69, 9.17) is 27.9 Å². The van der Waals surface area contributed by atoms with Crippen LogP contribution in [0.5, 0.6) is 5.88 Å². The minimum atomic E-state index is 0.109. The molecule has 1 N–H and O–H groups in total. The molecule has 3 rings (SSSR count). The molecule has 0 aliphatic heterocycles. The fourth-order valence-corrected chi connectivity index (χ4v) is 2.04. The summed E-state index contributed by atoms with van der Waals surface area (Å²) in [5.74, 6) is 0.392. The van der Waals surface area contributed by atoms with Gasteiger partial charge < -0.3 is 4.74 Å². The molecule has 1 aromatic carbocycles. The van der Waals surface area contributed by atoms with Crippen LogP contribution in [0.15, 0.2) is 30.5 Å². The summed E-state index contributed by atoms with van der Waals surface area (Å²) in [6.45, 7) is 0.341. The molecule has 3 aromatic rings. The number of fused-ring (bicyclic) bond motifs is 1. The minimum Gasteiger partial charge on any atom is -0.472 e. The summed E-state index contributed by atoms with van der Waals surface area (Å²) in [5, 5.41) is 8.06. The number of halogens is 2. The van der Waals surface area contributed by atoms with Gasteiger partial charge in [-0.05, 0) is 29.3 Å². The summed E-state index contributed by atoms with van der Waals surface area (Å²) in [6.07, 6.45) is 1.60. The lowest BCUT2D eigenvalue weighted by Gasteiger charge is -2.06. The Balaban J connectivity index is 1.87. The maximum Gasteiger partial charge on any atom is 0.229 e. The zero-order valence-electron chi connectivity index (χ0n) is 9.60. The molecule has 0 aliphatic carbocycles. The van der Waals surface area contributed by atoms with Gasteiger partial charge >= 0.3 is 0 Å². The van der Waals surface area contributed by atoms with Crippen molar-refractivity contribution >= 4 is 34.2 Å². The van der Waals surface area contributed by atoms with E-state index < -0.39 is 0 Å². The van der Waals surface area contributed by atoms with Crippen LogP contribution in [0.4, 0.5) is 0 Å². The van der Waals surface area contributed by atoms with Crippen LogP contribution < -0.4 is 4.74 Å². The van der Waals surface area contributed by atoms with Gasteiger partial charge in [0.05, 0.1) is 6.20 Å². The predicted octanol–water partition coefficient (Wildman–Crippen LogP) is 3.24. The highest BCUT2D eigenvalue weighted by atomic mass is 35.5. The molecule has 0 unspecified atom stereocenters. The van der Waals surface area contributed by atoms with Gasteiger partial charge in [-0.1, -0.05) is 23.7 Å². The Hall–Kier alpha value is -1.85. The van der Waals surface area contributed by atoms with Crippen molar-refractivity contribution in [3.8, 4) is 5.88 Å². The van der Waals surface area contributed by atoms with Gasteiger partial charge in [0.1, 0.15) is 12.0 Å². The number of rotatable bonds is 3. The smallest absolute Gasteiger partial charge is 0.229 e. The Bertz CT molecular complexity index is 729. The predicted molar refractivity (Wildman–Crippen MR) is 72.5 cm³/mol. The summed E-state index contributed by atoms with van der Waals surface area (Å²) < 4.78 is 5.65. The van der Waals surface area contributed by atoms with Crippen molar-refractivity contribution in [3.63, 3.8) is 0 Å².